The standard InChI is InChI=1S/C18H25N3O2S/c1-13(5-7-16-8-6-14(2)23-16)20-18(22)21-10-3-4-15(12-21)17-19-9-11-24-17/h6,8-9,11,13,15H,3-5,7,10,12H2,1-2H3,(H,20,22)/t13-,15+/m1/s1. The van der Waals surface area contributed by atoms with Crippen LogP contribution in [0.15, 0.2) is 28.1 Å². The molecule has 3 rings (SSSR count). The number of rotatable bonds is 5. The number of aryl methyl sites for hydroxylation is 2. The van der Waals surface area contributed by atoms with Crippen molar-refractivity contribution >= 4 is 17.4 Å². The summed E-state index contributed by atoms with van der Waals surface area (Å²) in [6.07, 6.45) is 5.72. The predicted octanol–water partition coefficient (Wildman–Crippen LogP) is 3.95. The van der Waals surface area contributed by atoms with Gasteiger partial charge >= 0.3 is 6.03 Å². The van der Waals surface area contributed by atoms with Crippen molar-refractivity contribution in [3.63, 3.8) is 0 Å². The molecule has 1 saturated heterocycles. The zero-order valence-electron chi connectivity index (χ0n) is 14.3. The van der Waals surface area contributed by atoms with E-state index >= 15 is 0 Å². The molecule has 24 heavy (non-hydrogen) atoms. The van der Waals surface area contributed by atoms with Crippen LogP contribution in [-0.4, -0.2) is 35.0 Å². The van der Waals surface area contributed by atoms with E-state index in [0.29, 0.717) is 5.92 Å². The molecule has 0 saturated carbocycles. The Bertz CT molecular complexity index is 653. The Balaban J connectivity index is 1.46. The van der Waals surface area contributed by atoms with Gasteiger partial charge in [0.2, 0.25) is 0 Å². The summed E-state index contributed by atoms with van der Waals surface area (Å²) >= 11 is 1.68. The molecule has 0 unspecified atom stereocenters. The molecule has 1 aliphatic rings. The number of carbonyl (C=O) groups is 1. The highest BCUT2D eigenvalue weighted by atomic mass is 32.1. The number of hydrogen-bond acceptors (Lipinski definition) is 4. The number of furan rings is 1. The number of piperidine rings is 1. The summed E-state index contributed by atoms with van der Waals surface area (Å²) < 4.78 is 5.58. The Kier molecular flexibility index (Phi) is 5.56. The summed E-state index contributed by atoms with van der Waals surface area (Å²) in [4.78, 5) is 18.9. The molecule has 1 N–H and O–H groups in total. The topological polar surface area (TPSA) is 58.4 Å². The zero-order chi connectivity index (χ0) is 16.9. The van der Waals surface area contributed by atoms with Crippen molar-refractivity contribution < 1.29 is 9.21 Å². The van der Waals surface area contributed by atoms with Crippen molar-refractivity contribution in [2.24, 2.45) is 0 Å². The molecule has 1 fully saturated rings. The fraction of sp³-hybridized carbons (Fsp3) is 0.556. The number of urea groups is 1. The number of amides is 2. The highest BCUT2D eigenvalue weighted by Gasteiger charge is 2.26. The molecule has 2 atom stereocenters. The van der Waals surface area contributed by atoms with E-state index in [1.807, 2.05) is 35.5 Å². The van der Waals surface area contributed by atoms with Gasteiger partial charge in [-0.2, -0.15) is 0 Å². The Morgan fingerprint density at radius 3 is 3.12 bits per heavy atom. The average molecular weight is 347 g/mol. The number of hydrogen-bond donors (Lipinski definition) is 1. The van der Waals surface area contributed by atoms with E-state index in [9.17, 15) is 4.79 Å². The Labute approximate surface area is 147 Å². The lowest BCUT2D eigenvalue weighted by Gasteiger charge is -2.32. The van der Waals surface area contributed by atoms with Gasteiger partial charge in [-0.05, 0) is 45.2 Å². The SMILES string of the molecule is Cc1ccc(CC[C@@H](C)NC(=O)N2CCC[C@H](c3nccs3)C2)o1. The van der Waals surface area contributed by atoms with Gasteiger partial charge in [0.15, 0.2) is 0 Å². The maximum absolute atomic E-state index is 12.5. The molecule has 130 valence electrons. The highest BCUT2D eigenvalue weighted by Crippen LogP contribution is 2.28. The number of thiazole rings is 1. The van der Waals surface area contributed by atoms with Crippen LogP contribution in [-0.2, 0) is 6.42 Å². The quantitative estimate of drug-likeness (QED) is 0.891. The molecule has 2 amide bonds. The van der Waals surface area contributed by atoms with Gasteiger partial charge in [0, 0.05) is 43.0 Å². The van der Waals surface area contributed by atoms with E-state index in [1.165, 1.54) is 0 Å². The number of nitrogens with one attached hydrogen (secondary N) is 1. The van der Waals surface area contributed by atoms with E-state index in [-0.39, 0.29) is 12.1 Å². The van der Waals surface area contributed by atoms with Crippen LogP contribution in [0.2, 0.25) is 0 Å². The molecule has 0 aliphatic carbocycles. The number of carbonyl (C=O) groups excluding carboxylic acids is 1. The monoisotopic (exact) mass is 347 g/mol. The lowest BCUT2D eigenvalue weighted by Crippen LogP contribution is -2.47. The Hall–Kier alpha value is -1.82. The van der Waals surface area contributed by atoms with Crippen molar-refractivity contribution in [2.75, 3.05) is 13.1 Å². The first kappa shape index (κ1) is 17.0. The van der Waals surface area contributed by atoms with Crippen molar-refractivity contribution in [2.45, 2.75) is 51.5 Å². The summed E-state index contributed by atoms with van der Waals surface area (Å²) in [5.74, 6) is 2.30. The van der Waals surface area contributed by atoms with Crippen molar-refractivity contribution in [3.05, 3.63) is 40.2 Å². The van der Waals surface area contributed by atoms with E-state index < -0.39 is 0 Å². The van der Waals surface area contributed by atoms with Crippen LogP contribution in [0.1, 0.15) is 48.6 Å². The first-order valence-electron chi connectivity index (χ1n) is 8.62. The first-order valence-corrected chi connectivity index (χ1v) is 9.50. The van der Waals surface area contributed by atoms with Gasteiger partial charge in [-0.25, -0.2) is 9.78 Å². The fourth-order valence-electron chi connectivity index (χ4n) is 3.15. The van der Waals surface area contributed by atoms with Crippen molar-refractivity contribution in [1.29, 1.82) is 0 Å². The second-order valence-electron chi connectivity index (χ2n) is 6.56. The summed E-state index contributed by atoms with van der Waals surface area (Å²) in [6.45, 7) is 5.60. The highest BCUT2D eigenvalue weighted by molar-refractivity contribution is 7.09. The summed E-state index contributed by atoms with van der Waals surface area (Å²) in [5, 5.41) is 6.27. The number of nitrogens with zero attached hydrogens (tertiary/aromatic N) is 2. The minimum absolute atomic E-state index is 0.0411. The third kappa shape index (κ3) is 4.38. The van der Waals surface area contributed by atoms with Crippen LogP contribution in [0.4, 0.5) is 4.79 Å². The predicted molar refractivity (Wildman–Crippen MR) is 95.4 cm³/mol. The van der Waals surface area contributed by atoms with Crippen molar-refractivity contribution in [1.82, 2.24) is 15.2 Å². The lowest BCUT2D eigenvalue weighted by atomic mass is 9.99. The smallest absolute Gasteiger partial charge is 0.317 e. The van der Waals surface area contributed by atoms with Crippen molar-refractivity contribution in [3.8, 4) is 0 Å². The van der Waals surface area contributed by atoms with Gasteiger partial charge in [0.25, 0.3) is 0 Å². The van der Waals surface area contributed by atoms with Gasteiger partial charge in [-0.1, -0.05) is 0 Å². The van der Waals surface area contributed by atoms with Gasteiger partial charge in [0.1, 0.15) is 11.5 Å². The first-order chi connectivity index (χ1) is 11.6. The van der Waals surface area contributed by atoms with Gasteiger partial charge in [0.05, 0.1) is 5.01 Å². The summed E-state index contributed by atoms with van der Waals surface area (Å²) in [7, 11) is 0. The summed E-state index contributed by atoms with van der Waals surface area (Å²) in [6, 6.07) is 4.15. The molecule has 2 aromatic rings. The van der Waals surface area contributed by atoms with Gasteiger partial charge in [-0.3, -0.25) is 0 Å². The molecule has 0 bridgehead atoms. The minimum Gasteiger partial charge on any atom is -0.466 e. The third-order valence-corrected chi connectivity index (χ3v) is 5.44. The molecule has 1 aliphatic heterocycles. The van der Waals surface area contributed by atoms with Crippen LogP contribution in [0.3, 0.4) is 0 Å². The second kappa shape index (κ2) is 7.83. The minimum atomic E-state index is 0.0411. The van der Waals surface area contributed by atoms with Gasteiger partial charge in [-0.15, -0.1) is 11.3 Å². The third-order valence-electron chi connectivity index (χ3n) is 4.50. The molecular formula is C18H25N3O2S. The van der Waals surface area contributed by atoms with Crippen LogP contribution < -0.4 is 5.32 Å². The van der Waals surface area contributed by atoms with E-state index in [2.05, 4.69) is 17.2 Å². The Morgan fingerprint density at radius 1 is 1.54 bits per heavy atom. The largest absolute Gasteiger partial charge is 0.466 e. The van der Waals surface area contributed by atoms with E-state index in [0.717, 1.165) is 55.3 Å². The summed E-state index contributed by atoms with van der Waals surface area (Å²) in [5.41, 5.74) is 0. The van der Waals surface area contributed by atoms with Crippen LogP contribution in [0, 0.1) is 6.92 Å². The van der Waals surface area contributed by atoms with E-state index in [4.69, 9.17) is 4.42 Å². The lowest BCUT2D eigenvalue weighted by molar-refractivity contribution is 0.176. The number of aromatic nitrogens is 1. The maximum Gasteiger partial charge on any atom is 0.317 e. The Morgan fingerprint density at radius 2 is 2.42 bits per heavy atom. The fourth-order valence-corrected chi connectivity index (χ4v) is 3.92. The number of likely N-dealkylation sites (tertiary alicyclic amines) is 1. The molecule has 3 heterocycles. The van der Waals surface area contributed by atoms with Gasteiger partial charge < -0.3 is 14.6 Å². The molecule has 6 heteroatoms. The molecule has 0 spiro atoms. The zero-order valence-corrected chi connectivity index (χ0v) is 15.1. The van der Waals surface area contributed by atoms with Crippen LogP contribution in [0.5, 0.6) is 0 Å². The van der Waals surface area contributed by atoms with Crippen LogP contribution >= 0.6 is 11.3 Å². The van der Waals surface area contributed by atoms with Crippen LogP contribution in [0.25, 0.3) is 0 Å². The second-order valence-corrected chi connectivity index (χ2v) is 7.48. The normalized spacial score (nSPS) is 19.2. The molecular weight excluding hydrogens is 322 g/mol. The molecule has 0 radical (unpaired) electrons. The average Bonchev–Trinajstić information content (AvgIpc) is 3.24. The maximum atomic E-state index is 12.5. The molecule has 5 nitrogen and oxygen atoms in total. The molecule has 0 aromatic carbocycles. The molecule has 2 aromatic heterocycles. The van der Waals surface area contributed by atoms with E-state index in [1.54, 1.807) is 11.3 Å².